The zero-order valence-corrected chi connectivity index (χ0v) is 18.9. The van der Waals surface area contributed by atoms with E-state index in [0.29, 0.717) is 51.4 Å². The Labute approximate surface area is 194 Å². The van der Waals surface area contributed by atoms with Crippen molar-refractivity contribution in [3.05, 3.63) is 69.7 Å². The summed E-state index contributed by atoms with van der Waals surface area (Å²) in [6.45, 7) is 2.29. The number of rotatable bonds is 9. The van der Waals surface area contributed by atoms with Crippen molar-refractivity contribution in [1.29, 1.82) is 0 Å². The Morgan fingerprint density at radius 3 is 2.44 bits per heavy atom. The summed E-state index contributed by atoms with van der Waals surface area (Å²) in [6, 6.07) is 13.4. The van der Waals surface area contributed by atoms with E-state index in [1.165, 1.54) is 11.3 Å². The minimum absolute atomic E-state index is 0.0610. The maximum Gasteiger partial charge on any atom is 0.257 e. The molecule has 0 atom stereocenters. The van der Waals surface area contributed by atoms with Crippen molar-refractivity contribution in [1.82, 2.24) is 15.5 Å². The van der Waals surface area contributed by atoms with Gasteiger partial charge in [-0.3, -0.25) is 19.7 Å². The summed E-state index contributed by atoms with van der Waals surface area (Å²) < 4.78 is 0. The van der Waals surface area contributed by atoms with E-state index in [0.717, 1.165) is 6.42 Å². The molecule has 1 aromatic heterocycles. The molecule has 0 saturated heterocycles. The highest BCUT2D eigenvalue weighted by Gasteiger charge is 2.12. The fourth-order valence-corrected chi connectivity index (χ4v) is 3.71. The topological polar surface area (TPSA) is 113 Å². The highest BCUT2D eigenvalue weighted by atomic mass is 35.5. The molecule has 3 N–H and O–H groups in total. The SMILES string of the molecule is CCCC(=O)Nc1ccc(C(=O)Nc2nnc(CCNC(=O)c3ccccc3Cl)s2)cc1. The second-order valence-corrected chi connectivity index (χ2v) is 8.29. The van der Waals surface area contributed by atoms with E-state index < -0.39 is 0 Å². The van der Waals surface area contributed by atoms with Crippen LogP contribution in [-0.2, 0) is 11.2 Å². The largest absolute Gasteiger partial charge is 0.352 e. The van der Waals surface area contributed by atoms with Gasteiger partial charge in [0.05, 0.1) is 10.6 Å². The molecule has 0 bridgehead atoms. The van der Waals surface area contributed by atoms with Crippen LogP contribution in [0, 0.1) is 0 Å². The van der Waals surface area contributed by atoms with Crippen molar-refractivity contribution in [2.75, 3.05) is 17.2 Å². The van der Waals surface area contributed by atoms with Crippen LogP contribution in [0.25, 0.3) is 0 Å². The summed E-state index contributed by atoms with van der Waals surface area (Å²) in [5.74, 6) is -0.650. The van der Waals surface area contributed by atoms with Gasteiger partial charge in [-0.15, -0.1) is 10.2 Å². The predicted octanol–water partition coefficient (Wildman–Crippen LogP) is 4.15. The molecular formula is C22H22ClN5O3S. The summed E-state index contributed by atoms with van der Waals surface area (Å²) >= 11 is 7.26. The lowest BCUT2D eigenvalue weighted by Crippen LogP contribution is -2.25. The summed E-state index contributed by atoms with van der Waals surface area (Å²) in [4.78, 5) is 36.2. The molecule has 0 aliphatic carbocycles. The number of halogens is 1. The third kappa shape index (κ3) is 6.60. The first-order valence-electron chi connectivity index (χ1n) is 10.0. The second-order valence-electron chi connectivity index (χ2n) is 6.82. The first-order valence-corrected chi connectivity index (χ1v) is 11.2. The molecule has 0 saturated carbocycles. The Morgan fingerprint density at radius 1 is 0.969 bits per heavy atom. The van der Waals surface area contributed by atoms with Crippen LogP contribution in [-0.4, -0.2) is 34.5 Å². The van der Waals surface area contributed by atoms with Crippen LogP contribution in [0.15, 0.2) is 48.5 Å². The smallest absolute Gasteiger partial charge is 0.257 e. The molecule has 3 aromatic rings. The molecule has 2 aromatic carbocycles. The lowest BCUT2D eigenvalue weighted by atomic mass is 10.2. The number of nitrogens with zero attached hydrogens (tertiary/aromatic N) is 2. The molecule has 0 aliphatic heterocycles. The minimum atomic E-state index is -0.328. The lowest BCUT2D eigenvalue weighted by molar-refractivity contribution is -0.116. The summed E-state index contributed by atoms with van der Waals surface area (Å²) in [5, 5.41) is 17.7. The number of carbonyl (C=O) groups is 3. The van der Waals surface area contributed by atoms with Gasteiger partial charge in [-0.1, -0.05) is 42.0 Å². The molecule has 166 valence electrons. The number of anilines is 2. The third-order valence-electron chi connectivity index (χ3n) is 4.34. The molecule has 0 fully saturated rings. The summed E-state index contributed by atoms with van der Waals surface area (Å²) in [5.41, 5.74) is 1.48. The fraction of sp³-hybridized carbons (Fsp3) is 0.227. The molecule has 32 heavy (non-hydrogen) atoms. The fourth-order valence-electron chi connectivity index (χ4n) is 2.75. The average Bonchev–Trinajstić information content (AvgIpc) is 3.21. The Kier molecular flexibility index (Phi) is 8.29. The van der Waals surface area contributed by atoms with Crippen molar-refractivity contribution in [3.63, 3.8) is 0 Å². The predicted molar refractivity (Wildman–Crippen MR) is 125 cm³/mol. The Morgan fingerprint density at radius 2 is 1.72 bits per heavy atom. The van der Waals surface area contributed by atoms with Gasteiger partial charge in [-0.25, -0.2) is 0 Å². The van der Waals surface area contributed by atoms with Crippen molar-refractivity contribution >= 4 is 51.5 Å². The molecule has 0 aliphatic rings. The van der Waals surface area contributed by atoms with Crippen LogP contribution in [0.2, 0.25) is 5.02 Å². The Bertz CT molecular complexity index is 1100. The number of hydrogen-bond donors (Lipinski definition) is 3. The van der Waals surface area contributed by atoms with E-state index in [1.807, 2.05) is 6.92 Å². The number of hydrogen-bond acceptors (Lipinski definition) is 6. The van der Waals surface area contributed by atoms with Crippen LogP contribution in [0.1, 0.15) is 45.5 Å². The minimum Gasteiger partial charge on any atom is -0.352 e. The number of amides is 3. The zero-order chi connectivity index (χ0) is 22.9. The summed E-state index contributed by atoms with van der Waals surface area (Å²) in [7, 11) is 0. The number of nitrogens with one attached hydrogen (secondary N) is 3. The maximum absolute atomic E-state index is 12.4. The van der Waals surface area contributed by atoms with Gasteiger partial charge in [0.1, 0.15) is 5.01 Å². The van der Waals surface area contributed by atoms with Crippen molar-refractivity contribution in [2.24, 2.45) is 0 Å². The van der Waals surface area contributed by atoms with Crippen molar-refractivity contribution in [3.8, 4) is 0 Å². The van der Waals surface area contributed by atoms with Gasteiger partial charge >= 0.3 is 0 Å². The van der Waals surface area contributed by atoms with Gasteiger partial charge in [-0.05, 0) is 42.8 Å². The van der Waals surface area contributed by atoms with Gasteiger partial charge in [0.2, 0.25) is 11.0 Å². The Hall–Kier alpha value is -3.30. The quantitative estimate of drug-likeness (QED) is 0.433. The standard InChI is InChI=1S/C22H22ClN5O3S/c1-2-5-18(29)25-15-10-8-14(9-11-15)20(30)26-22-28-27-19(32-22)12-13-24-21(31)16-6-3-4-7-17(16)23/h3-4,6-11H,2,5,12-13H2,1H3,(H,24,31)(H,25,29)(H,26,28,30). The van der Waals surface area contributed by atoms with E-state index >= 15 is 0 Å². The van der Waals surface area contributed by atoms with Crippen molar-refractivity contribution in [2.45, 2.75) is 26.2 Å². The first-order chi connectivity index (χ1) is 15.5. The molecule has 0 unspecified atom stereocenters. The van der Waals surface area contributed by atoms with E-state index in [9.17, 15) is 14.4 Å². The van der Waals surface area contributed by atoms with Gasteiger partial charge in [0, 0.05) is 30.6 Å². The molecular weight excluding hydrogens is 450 g/mol. The van der Waals surface area contributed by atoms with Crippen LogP contribution in [0.4, 0.5) is 10.8 Å². The second kappa shape index (κ2) is 11.4. The normalized spacial score (nSPS) is 10.4. The molecule has 0 radical (unpaired) electrons. The third-order valence-corrected chi connectivity index (χ3v) is 5.57. The first kappa shape index (κ1) is 23.4. The lowest BCUT2D eigenvalue weighted by Gasteiger charge is -2.06. The molecule has 0 spiro atoms. The number of benzene rings is 2. The van der Waals surface area contributed by atoms with E-state index in [1.54, 1.807) is 48.5 Å². The van der Waals surface area contributed by atoms with Gasteiger partial charge in [0.25, 0.3) is 11.8 Å². The molecule has 1 heterocycles. The summed E-state index contributed by atoms with van der Waals surface area (Å²) in [6.07, 6.45) is 1.69. The maximum atomic E-state index is 12.4. The van der Waals surface area contributed by atoms with Crippen LogP contribution >= 0.6 is 22.9 Å². The number of carbonyl (C=O) groups excluding carboxylic acids is 3. The average molecular weight is 472 g/mol. The molecule has 10 heteroatoms. The van der Waals surface area contributed by atoms with Gasteiger partial charge in [-0.2, -0.15) is 0 Å². The van der Waals surface area contributed by atoms with E-state index in [-0.39, 0.29) is 17.7 Å². The van der Waals surface area contributed by atoms with Crippen LogP contribution < -0.4 is 16.0 Å². The molecule has 3 amide bonds. The van der Waals surface area contributed by atoms with Crippen LogP contribution in [0.5, 0.6) is 0 Å². The highest BCUT2D eigenvalue weighted by molar-refractivity contribution is 7.15. The van der Waals surface area contributed by atoms with E-state index in [2.05, 4.69) is 26.1 Å². The number of aromatic nitrogens is 2. The Balaban J connectivity index is 1.48. The van der Waals surface area contributed by atoms with Gasteiger partial charge < -0.3 is 10.6 Å². The van der Waals surface area contributed by atoms with E-state index in [4.69, 9.17) is 11.6 Å². The van der Waals surface area contributed by atoms with Gasteiger partial charge in [0.15, 0.2) is 0 Å². The van der Waals surface area contributed by atoms with Crippen LogP contribution in [0.3, 0.4) is 0 Å². The molecule has 3 rings (SSSR count). The monoisotopic (exact) mass is 471 g/mol. The highest BCUT2D eigenvalue weighted by Crippen LogP contribution is 2.18. The van der Waals surface area contributed by atoms with Crippen molar-refractivity contribution < 1.29 is 14.4 Å². The molecule has 8 nitrogen and oxygen atoms in total. The zero-order valence-electron chi connectivity index (χ0n) is 17.4.